The van der Waals surface area contributed by atoms with E-state index in [0.717, 1.165) is 21.3 Å². The van der Waals surface area contributed by atoms with Crippen molar-refractivity contribution >= 4 is 31.9 Å². The van der Waals surface area contributed by atoms with Gasteiger partial charge in [-0.25, -0.2) is 0 Å². The van der Waals surface area contributed by atoms with Crippen LogP contribution in [0.5, 0.6) is 5.75 Å². The molecule has 84 valence electrons. The molecule has 1 N–H and O–H groups in total. The zero-order valence-corrected chi connectivity index (χ0v) is 11.9. The number of aliphatic hydroxyl groups is 1. The first-order valence-electron chi connectivity index (χ1n) is 4.68. The van der Waals surface area contributed by atoms with Gasteiger partial charge in [-0.1, -0.05) is 31.9 Å². The van der Waals surface area contributed by atoms with E-state index in [1.165, 1.54) is 0 Å². The summed E-state index contributed by atoms with van der Waals surface area (Å²) >= 11 is 6.69. The molecule has 4 heteroatoms. The number of hydrogen-bond acceptors (Lipinski definition) is 2. The van der Waals surface area contributed by atoms with Gasteiger partial charge in [-0.05, 0) is 37.1 Å². The number of halogens is 2. The number of aryl methyl sites for hydroxylation is 2. The number of aliphatic hydroxyl groups excluding tert-OH is 1. The predicted molar refractivity (Wildman–Crippen MR) is 68.9 cm³/mol. The second-order valence-electron chi connectivity index (χ2n) is 3.49. The van der Waals surface area contributed by atoms with Gasteiger partial charge in [-0.2, -0.15) is 0 Å². The second kappa shape index (κ2) is 5.87. The summed E-state index contributed by atoms with van der Waals surface area (Å²) in [5.74, 6) is 0.799. The SMILES string of the molecule is Cc1cc(OCC(O)CBr)cc(C)c1Br. The molecule has 2 nitrogen and oxygen atoms in total. The lowest BCUT2D eigenvalue weighted by Gasteiger charge is -2.12. The van der Waals surface area contributed by atoms with Gasteiger partial charge in [0.05, 0.1) is 6.10 Å². The van der Waals surface area contributed by atoms with Gasteiger partial charge in [-0.3, -0.25) is 0 Å². The van der Waals surface area contributed by atoms with Crippen LogP contribution in [0.3, 0.4) is 0 Å². The van der Waals surface area contributed by atoms with E-state index in [1.54, 1.807) is 0 Å². The van der Waals surface area contributed by atoms with Crippen molar-refractivity contribution < 1.29 is 9.84 Å². The van der Waals surface area contributed by atoms with Crippen molar-refractivity contribution in [3.8, 4) is 5.75 Å². The van der Waals surface area contributed by atoms with Gasteiger partial charge in [0.15, 0.2) is 0 Å². The zero-order valence-electron chi connectivity index (χ0n) is 8.76. The van der Waals surface area contributed by atoms with Crippen LogP contribution in [0.25, 0.3) is 0 Å². The molecule has 0 saturated carbocycles. The van der Waals surface area contributed by atoms with E-state index in [1.807, 2.05) is 26.0 Å². The van der Waals surface area contributed by atoms with Gasteiger partial charge in [0.25, 0.3) is 0 Å². The molecule has 1 aromatic carbocycles. The molecule has 0 aliphatic heterocycles. The van der Waals surface area contributed by atoms with Crippen LogP contribution in [0.4, 0.5) is 0 Å². The minimum atomic E-state index is -0.464. The highest BCUT2D eigenvalue weighted by Crippen LogP contribution is 2.26. The zero-order chi connectivity index (χ0) is 11.4. The van der Waals surface area contributed by atoms with Crippen LogP contribution in [0, 0.1) is 13.8 Å². The van der Waals surface area contributed by atoms with Crippen LogP contribution in [-0.2, 0) is 0 Å². The van der Waals surface area contributed by atoms with Crippen LogP contribution in [0.15, 0.2) is 16.6 Å². The number of hydrogen-bond donors (Lipinski definition) is 1. The minimum absolute atomic E-state index is 0.311. The lowest BCUT2D eigenvalue weighted by Crippen LogP contribution is -2.18. The van der Waals surface area contributed by atoms with Crippen molar-refractivity contribution in [3.05, 3.63) is 27.7 Å². The smallest absolute Gasteiger partial charge is 0.120 e. The average molecular weight is 338 g/mol. The highest BCUT2D eigenvalue weighted by Gasteiger charge is 2.06. The fourth-order valence-corrected chi connectivity index (χ4v) is 1.64. The van der Waals surface area contributed by atoms with Gasteiger partial charge in [-0.15, -0.1) is 0 Å². The lowest BCUT2D eigenvalue weighted by molar-refractivity contribution is 0.127. The van der Waals surface area contributed by atoms with E-state index in [4.69, 9.17) is 4.74 Å². The lowest BCUT2D eigenvalue weighted by atomic mass is 10.1. The van der Waals surface area contributed by atoms with Crippen molar-refractivity contribution in [3.63, 3.8) is 0 Å². The maximum atomic E-state index is 9.33. The summed E-state index contributed by atoms with van der Waals surface area (Å²) in [6.45, 7) is 4.35. The number of alkyl halides is 1. The number of rotatable bonds is 4. The van der Waals surface area contributed by atoms with Crippen molar-refractivity contribution in [1.29, 1.82) is 0 Å². The van der Waals surface area contributed by atoms with Crippen LogP contribution in [-0.4, -0.2) is 23.1 Å². The Labute approximate surface area is 107 Å². The molecular weight excluding hydrogens is 324 g/mol. The summed E-state index contributed by atoms with van der Waals surface area (Å²) in [4.78, 5) is 0. The van der Waals surface area contributed by atoms with E-state index < -0.39 is 6.10 Å². The average Bonchev–Trinajstić information content (AvgIpc) is 2.22. The third kappa shape index (κ3) is 3.78. The predicted octanol–water partition coefficient (Wildman–Crippen LogP) is 3.20. The van der Waals surface area contributed by atoms with Gasteiger partial charge in [0.2, 0.25) is 0 Å². The molecule has 1 atom stereocenters. The summed E-state index contributed by atoms with van der Waals surface area (Å²) in [5, 5.41) is 9.86. The molecule has 0 fully saturated rings. The minimum Gasteiger partial charge on any atom is -0.491 e. The van der Waals surface area contributed by atoms with E-state index in [2.05, 4.69) is 31.9 Å². The van der Waals surface area contributed by atoms with Gasteiger partial charge in [0, 0.05) is 9.80 Å². The molecule has 1 rings (SSSR count). The van der Waals surface area contributed by atoms with E-state index >= 15 is 0 Å². The quantitative estimate of drug-likeness (QED) is 0.855. The number of benzene rings is 1. The Morgan fingerprint density at radius 2 is 1.87 bits per heavy atom. The fraction of sp³-hybridized carbons (Fsp3) is 0.455. The highest BCUT2D eigenvalue weighted by molar-refractivity contribution is 9.10. The first kappa shape index (κ1) is 13.0. The van der Waals surface area contributed by atoms with E-state index in [0.29, 0.717) is 11.9 Å². The molecular formula is C11H14Br2O2. The highest BCUT2D eigenvalue weighted by atomic mass is 79.9. The van der Waals surface area contributed by atoms with Crippen LogP contribution >= 0.6 is 31.9 Å². The Morgan fingerprint density at radius 1 is 1.33 bits per heavy atom. The van der Waals surface area contributed by atoms with Gasteiger partial charge < -0.3 is 9.84 Å². The fourth-order valence-electron chi connectivity index (χ4n) is 1.23. The molecule has 0 radical (unpaired) electrons. The van der Waals surface area contributed by atoms with E-state index in [9.17, 15) is 5.11 Å². The molecule has 1 aromatic rings. The maximum absolute atomic E-state index is 9.33. The van der Waals surface area contributed by atoms with Crippen molar-refractivity contribution in [2.24, 2.45) is 0 Å². The Balaban J connectivity index is 2.70. The summed E-state index contributed by atoms with van der Waals surface area (Å²) in [6, 6.07) is 3.91. The van der Waals surface area contributed by atoms with Crippen LogP contribution in [0.1, 0.15) is 11.1 Å². The Hall–Kier alpha value is -0.0600. The van der Waals surface area contributed by atoms with E-state index in [-0.39, 0.29) is 0 Å². The normalized spacial score (nSPS) is 12.6. The molecule has 15 heavy (non-hydrogen) atoms. The van der Waals surface area contributed by atoms with Crippen molar-refractivity contribution in [1.82, 2.24) is 0 Å². The molecule has 0 bridgehead atoms. The summed E-state index contributed by atoms with van der Waals surface area (Å²) in [7, 11) is 0. The second-order valence-corrected chi connectivity index (χ2v) is 4.93. The standard InChI is InChI=1S/C11H14Br2O2/c1-7-3-10(4-8(2)11(7)13)15-6-9(14)5-12/h3-4,9,14H,5-6H2,1-2H3. The topological polar surface area (TPSA) is 29.5 Å². The monoisotopic (exact) mass is 336 g/mol. The van der Waals surface area contributed by atoms with Gasteiger partial charge in [0.1, 0.15) is 12.4 Å². The molecule has 0 heterocycles. The Bertz CT molecular complexity index is 316. The molecule has 0 spiro atoms. The van der Waals surface area contributed by atoms with Crippen molar-refractivity contribution in [2.45, 2.75) is 20.0 Å². The molecule has 0 amide bonds. The van der Waals surface area contributed by atoms with Crippen LogP contribution < -0.4 is 4.74 Å². The Kier molecular flexibility index (Phi) is 5.09. The van der Waals surface area contributed by atoms with Gasteiger partial charge >= 0.3 is 0 Å². The Morgan fingerprint density at radius 3 is 2.33 bits per heavy atom. The molecule has 0 aliphatic carbocycles. The first-order valence-corrected chi connectivity index (χ1v) is 6.59. The molecule has 0 aromatic heterocycles. The maximum Gasteiger partial charge on any atom is 0.120 e. The third-order valence-electron chi connectivity index (χ3n) is 2.03. The first-order chi connectivity index (χ1) is 7.04. The summed E-state index contributed by atoms with van der Waals surface area (Å²) in [6.07, 6.45) is -0.464. The third-order valence-corrected chi connectivity index (χ3v) is 4.03. The molecule has 0 saturated heterocycles. The summed E-state index contributed by atoms with van der Waals surface area (Å²) < 4.78 is 6.58. The molecule has 0 aliphatic rings. The summed E-state index contributed by atoms with van der Waals surface area (Å²) in [5.41, 5.74) is 2.27. The number of ether oxygens (including phenoxy) is 1. The van der Waals surface area contributed by atoms with Crippen LogP contribution in [0.2, 0.25) is 0 Å². The molecule has 1 unspecified atom stereocenters. The van der Waals surface area contributed by atoms with Crippen molar-refractivity contribution in [2.75, 3.05) is 11.9 Å². The largest absolute Gasteiger partial charge is 0.491 e.